The van der Waals surface area contributed by atoms with Gasteiger partial charge in [-0.15, -0.1) is 0 Å². The summed E-state index contributed by atoms with van der Waals surface area (Å²) in [5.41, 5.74) is 0.401. The number of rotatable bonds is 8. The number of ether oxygens (including phenoxy) is 2. The van der Waals surface area contributed by atoms with E-state index < -0.39 is 17.5 Å². The zero-order valence-corrected chi connectivity index (χ0v) is 12.7. The van der Waals surface area contributed by atoms with Crippen LogP contribution in [0, 0.1) is 5.41 Å². The Labute approximate surface area is 125 Å². The standard InChI is InChI=1S/C17H22O4/c1-4-20-16(19)10-11-17(2,3)15(12-18)21-13-14-8-6-5-7-9-14/h5-12,15H,4,13H2,1-3H3/b11-10+/t15-/m0/s1. The number of hydrogen-bond donors (Lipinski definition) is 0. The van der Waals surface area contributed by atoms with Crippen LogP contribution < -0.4 is 0 Å². The first-order chi connectivity index (χ1) is 9.99. The first kappa shape index (κ1) is 17.1. The van der Waals surface area contributed by atoms with Crippen LogP contribution in [0.5, 0.6) is 0 Å². The minimum atomic E-state index is -0.636. The molecule has 1 aromatic carbocycles. The Morgan fingerprint density at radius 2 is 1.95 bits per heavy atom. The van der Waals surface area contributed by atoms with Gasteiger partial charge < -0.3 is 14.3 Å². The van der Waals surface area contributed by atoms with Crippen LogP contribution in [0.25, 0.3) is 0 Å². The van der Waals surface area contributed by atoms with Crippen molar-refractivity contribution in [2.45, 2.75) is 33.5 Å². The summed E-state index contributed by atoms with van der Waals surface area (Å²) in [6.07, 6.45) is 3.11. The molecule has 21 heavy (non-hydrogen) atoms. The Morgan fingerprint density at radius 3 is 2.52 bits per heavy atom. The molecule has 0 heterocycles. The molecule has 0 aliphatic rings. The lowest BCUT2D eigenvalue weighted by Gasteiger charge is -2.27. The van der Waals surface area contributed by atoms with Crippen LogP contribution >= 0.6 is 0 Å². The fourth-order valence-corrected chi connectivity index (χ4v) is 1.76. The molecule has 114 valence electrons. The third kappa shape index (κ3) is 5.92. The highest BCUT2D eigenvalue weighted by atomic mass is 16.5. The van der Waals surface area contributed by atoms with E-state index in [1.807, 2.05) is 44.2 Å². The first-order valence-electron chi connectivity index (χ1n) is 6.96. The second-order valence-electron chi connectivity index (χ2n) is 5.26. The van der Waals surface area contributed by atoms with E-state index in [1.165, 1.54) is 6.08 Å². The molecule has 0 fully saturated rings. The van der Waals surface area contributed by atoms with Gasteiger partial charge in [0.1, 0.15) is 12.4 Å². The molecule has 4 nitrogen and oxygen atoms in total. The summed E-state index contributed by atoms with van der Waals surface area (Å²) in [6, 6.07) is 9.63. The minimum absolute atomic E-state index is 0.325. The summed E-state index contributed by atoms with van der Waals surface area (Å²) in [6.45, 7) is 6.10. The summed E-state index contributed by atoms with van der Waals surface area (Å²) >= 11 is 0. The molecule has 0 N–H and O–H groups in total. The molecule has 1 rings (SSSR count). The highest BCUT2D eigenvalue weighted by Crippen LogP contribution is 2.25. The summed E-state index contributed by atoms with van der Waals surface area (Å²) in [5.74, 6) is -0.418. The van der Waals surface area contributed by atoms with E-state index in [-0.39, 0.29) is 0 Å². The van der Waals surface area contributed by atoms with Crippen molar-refractivity contribution in [1.82, 2.24) is 0 Å². The van der Waals surface area contributed by atoms with Gasteiger partial charge in [0.25, 0.3) is 0 Å². The third-order valence-corrected chi connectivity index (χ3v) is 3.06. The van der Waals surface area contributed by atoms with Crippen LogP contribution in [0.15, 0.2) is 42.5 Å². The van der Waals surface area contributed by atoms with Crippen molar-refractivity contribution in [2.24, 2.45) is 5.41 Å². The normalized spacial score (nSPS) is 13.1. The molecule has 0 bridgehead atoms. The van der Waals surface area contributed by atoms with Crippen molar-refractivity contribution >= 4 is 12.3 Å². The summed E-state index contributed by atoms with van der Waals surface area (Å²) in [5, 5.41) is 0. The molecular formula is C17H22O4. The Kier molecular flexibility index (Phi) is 6.82. The summed E-state index contributed by atoms with van der Waals surface area (Å²) in [7, 11) is 0. The lowest BCUT2D eigenvalue weighted by atomic mass is 9.86. The highest BCUT2D eigenvalue weighted by molar-refractivity contribution is 5.82. The quantitative estimate of drug-likeness (QED) is 0.419. The van der Waals surface area contributed by atoms with Gasteiger partial charge in [0.15, 0.2) is 0 Å². The van der Waals surface area contributed by atoms with E-state index in [1.54, 1.807) is 13.0 Å². The maximum Gasteiger partial charge on any atom is 0.330 e. The molecule has 0 saturated carbocycles. The van der Waals surface area contributed by atoms with Crippen LogP contribution in [0.1, 0.15) is 26.3 Å². The van der Waals surface area contributed by atoms with Crippen LogP contribution in [-0.2, 0) is 25.7 Å². The average Bonchev–Trinajstić information content (AvgIpc) is 2.47. The maximum absolute atomic E-state index is 11.3. The van der Waals surface area contributed by atoms with Gasteiger partial charge in [-0.2, -0.15) is 0 Å². The van der Waals surface area contributed by atoms with Gasteiger partial charge in [-0.1, -0.05) is 50.3 Å². The predicted molar refractivity (Wildman–Crippen MR) is 80.6 cm³/mol. The SMILES string of the molecule is CCOC(=O)/C=C/C(C)(C)[C@H](C=O)OCc1ccccc1. The molecule has 0 spiro atoms. The molecule has 0 unspecified atom stereocenters. The number of carbonyl (C=O) groups is 2. The molecule has 0 aliphatic heterocycles. The average molecular weight is 290 g/mol. The molecule has 0 radical (unpaired) electrons. The lowest BCUT2D eigenvalue weighted by Crippen LogP contribution is -2.32. The fourth-order valence-electron chi connectivity index (χ4n) is 1.76. The van der Waals surface area contributed by atoms with Crippen LogP contribution in [-0.4, -0.2) is 25.0 Å². The fraction of sp³-hybridized carbons (Fsp3) is 0.412. The van der Waals surface area contributed by atoms with E-state index in [0.717, 1.165) is 11.8 Å². The Morgan fingerprint density at radius 1 is 1.29 bits per heavy atom. The second-order valence-corrected chi connectivity index (χ2v) is 5.26. The van der Waals surface area contributed by atoms with E-state index >= 15 is 0 Å². The maximum atomic E-state index is 11.3. The Balaban J connectivity index is 2.64. The van der Waals surface area contributed by atoms with Gasteiger partial charge >= 0.3 is 5.97 Å². The van der Waals surface area contributed by atoms with Crippen LogP contribution in [0.2, 0.25) is 0 Å². The van der Waals surface area contributed by atoms with Gasteiger partial charge in [-0.05, 0) is 12.5 Å². The summed E-state index contributed by atoms with van der Waals surface area (Å²) in [4.78, 5) is 22.6. The smallest absolute Gasteiger partial charge is 0.330 e. The number of aldehydes is 1. The van der Waals surface area contributed by atoms with Crippen molar-refractivity contribution in [3.05, 3.63) is 48.0 Å². The molecule has 0 aromatic heterocycles. The van der Waals surface area contributed by atoms with E-state index in [4.69, 9.17) is 9.47 Å². The van der Waals surface area contributed by atoms with Crippen molar-refractivity contribution in [1.29, 1.82) is 0 Å². The third-order valence-electron chi connectivity index (χ3n) is 3.06. The predicted octanol–water partition coefficient (Wildman–Crippen LogP) is 2.92. The van der Waals surface area contributed by atoms with Crippen molar-refractivity contribution in [3.63, 3.8) is 0 Å². The molecular weight excluding hydrogens is 268 g/mol. The van der Waals surface area contributed by atoms with E-state index in [2.05, 4.69) is 0 Å². The minimum Gasteiger partial charge on any atom is -0.463 e. The van der Waals surface area contributed by atoms with Gasteiger partial charge in [-0.25, -0.2) is 4.79 Å². The molecule has 0 amide bonds. The van der Waals surface area contributed by atoms with Crippen LogP contribution in [0.4, 0.5) is 0 Å². The van der Waals surface area contributed by atoms with E-state index in [0.29, 0.717) is 13.2 Å². The lowest BCUT2D eigenvalue weighted by molar-refractivity contribution is -0.137. The summed E-state index contributed by atoms with van der Waals surface area (Å²) < 4.78 is 10.5. The molecule has 0 saturated heterocycles. The molecule has 1 atom stereocenters. The van der Waals surface area contributed by atoms with Crippen molar-refractivity contribution in [3.8, 4) is 0 Å². The molecule has 1 aromatic rings. The van der Waals surface area contributed by atoms with Crippen LogP contribution in [0.3, 0.4) is 0 Å². The molecule has 0 aliphatic carbocycles. The zero-order valence-electron chi connectivity index (χ0n) is 12.7. The number of hydrogen-bond acceptors (Lipinski definition) is 4. The Bertz CT molecular complexity index is 477. The number of esters is 1. The largest absolute Gasteiger partial charge is 0.463 e. The second kappa shape index (κ2) is 8.37. The highest BCUT2D eigenvalue weighted by Gasteiger charge is 2.27. The number of carbonyl (C=O) groups excluding carboxylic acids is 2. The van der Waals surface area contributed by atoms with Gasteiger partial charge in [0.2, 0.25) is 0 Å². The van der Waals surface area contributed by atoms with Gasteiger partial charge in [0, 0.05) is 11.5 Å². The molecule has 4 heteroatoms. The zero-order chi connectivity index (χ0) is 15.7. The van der Waals surface area contributed by atoms with Crippen molar-refractivity contribution in [2.75, 3.05) is 6.61 Å². The van der Waals surface area contributed by atoms with E-state index in [9.17, 15) is 9.59 Å². The topological polar surface area (TPSA) is 52.6 Å². The van der Waals surface area contributed by atoms with Gasteiger partial charge in [-0.3, -0.25) is 0 Å². The number of benzene rings is 1. The Hall–Kier alpha value is -1.94. The van der Waals surface area contributed by atoms with Crippen molar-refractivity contribution < 1.29 is 19.1 Å². The monoisotopic (exact) mass is 290 g/mol. The van der Waals surface area contributed by atoms with Gasteiger partial charge in [0.05, 0.1) is 13.2 Å². The first-order valence-corrected chi connectivity index (χ1v) is 6.96.